The Bertz CT molecular complexity index is 1440. The van der Waals surface area contributed by atoms with Gasteiger partial charge in [0, 0.05) is 6.20 Å². The first-order valence-corrected chi connectivity index (χ1v) is 11.1. The molecule has 12 heteroatoms. The lowest BCUT2D eigenvalue weighted by Gasteiger charge is -2.23. The molecule has 2 aromatic carbocycles. The van der Waals surface area contributed by atoms with Crippen molar-refractivity contribution in [1.29, 1.82) is 0 Å². The van der Waals surface area contributed by atoms with Gasteiger partial charge in [-0.3, -0.25) is 4.40 Å². The van der Waals surface area contributed by atoms with Crippen LogP contribution in [0.15, 0.2) is 71.8 Å². The summed E-state index contributed by atoms with van der Waals surface area (Å²) >= 11 is 6.36. The molecular weight excluding hydrogens is 489 g/mol. The van der Waals surface area contributed by atoms with Crippen LogP contribution >= 0.6 is 11.6 Å². The highest BCUT2D eigenvalue weighted by atomic mass is 35.5. The number of hydrogen-bond donors (Lipinski definition) is 0. The van der Waals surface area contributed by atoms with E-state index in [1.807, 2.05) is 0 Å². The first-order chi connectivity index (χ1) is 15.5. The largest absolute Gasteiger partial charge is 0.419 e. The number of sulfonamides is 1. The molecule has 0 atom stereocenters. The maximum absolute atomic E-state index is 13.7. The summed E-state index contributed by atoms with van der Waals surface area (Å²) in [6, 6.07) is 10.8. The van der Waals surface area contributed by atoms with Crippen LogP contribution in [0.2, 0.25) is 5.15 Å². The Morgan fingerprint density at radius 2 is 1.70 bits per heavy atom. The standard InChI is InChI=1S/C21H13ClF5N3O2S/c22-19-20(28-18-3-1-2-10-29(18)19)30(33(31,32)15-7-5-14(23)6-8-15)12-13-4-9-17(24)16(11-13)21(25,26)27/h1-11H,12H2. The van der Waals surface area contributed by atoms with E-state index in [0.717, 1.165) is 30.3 Å². The molecule has 0 amide bonds. The molecule has 2 aromatic heterocycles. The number of imidazole rings is 1. The zero-order valence-electron chi connectivity index (χ0n) is 16.4. The smallest absolute Gasteiger partial charge is 0.289 e. The van der Waals surface area contributed by atoms with Gasteiger partial charge in [-0.25, -0.2) is 26.5 Å². The summed E-state index contributed by atoms with van der Waals surface area (Å²) in [5, 5.41) is -0.116. The fraction of sp³-hybridized carbons (Fsp3) is 0.0952. The quantitative estimate of drug-likeness (QED) is 0.331. The van der Waals surface area contributed by atoms with Crippen molar-refractivity contribution >= 4 is 33.1 Å². The highest BCUT2D eigenvalue weighted by molar-refractivity contribution is 7.92. The SMILES string of the molecule is O=S(=O)(c1ccc(F)cc1)N(Cc1ccc(F)c(C(F)(F)F)c1)c1nc2ccccn2c1Cl. The lowest BCUT2D eigenvalue weighted by molar-refractivity contribution is -0.140. The number of hydrogen-bond acceptors (Lipinski definition) is 3. The van der Waals surface area contributed by atoms with Gasteiger partial charge in [-0.15, -0.1) is 0 Å². The first kappa shape index (κ1) is 23.0. The van der Waals surface area contributed by atoms with Crippen LogP contribution in [-0.2, 0) is 22.7 Å². The van der Waals surface area contributed by atoms with Crippen molar-refractivity contribution in [2.24, 2.45) is 0 Å². The average Bonchev–Trinajstić information content (AvgIpc) is 3.09. The van der Waals surface area contributed by atoms with Gasteiger partial charge >= 0.3 is 6.18 Å². The monoisotopic (exact) mass is 501 g/mol. The van der Waals surface area contributed by atoms with Crippen LogP contribution < -0.4 is 4.31 Å². The summed E-state index contributed by atoms with van der Waals surface area (Å²) < 4.78 is 95.6. The van der Waals surface area contributed by atoms with Crippen LogP contribution in [0.25, 0.3) is 5.65 Å². The van der Waals surface area contributed by atoms with Gasteiger partial charge in [0.25, 0.3) is 10.0 Å². The maximum Gasteiger partial charge on any atom is 0.419 e. The molecule has 0 bridgehead atoms. The number of nitrogens with zero attached hydrogens (tertiary/aromatic N) is 3. The Labute approximate surface area is 189 Å². The molecule has 0 N–H and O–H groups in total. The van der Waals surface area contributed by atoms with Crippen LogP contribution in [0, 0.1) is 11.6 Å². The third-order valence-electron chi connectivity index (χ3n) is 4.76. The highest BCUT2D eigenvalue weighted by Gasteiger charge is 2.35. The Balaban J connectivity index is 1.88. The van der Waals surface area contributed by atoms with E-state index >= 15 is 0 Å². The third kappa shape index (κ3) is 4.38. The Hall–Kier alpha value is -3.18. The summed E-state index contributed by atoms with van der Waals surface area (Å²) in [5.74, 6) is -2.44. The van der Waals surface area contributed by atoms with Gasteiger partial charge in [0.2, 0.25) is 0 Å². The Morgan fingerprint density at radius 3 is 2.33 bits per heavy atom. The Kier molecular flexibility index (Phi) is 5.79. The van der Waals surface area contributed by atoms with E-state index in [1.54, 1.807) is 18.2 Å². The lowest BCUT2D eigenvalue weighted by atomic mass is 10.1. The molecule has 0 saturated heterocycles. The summed E-state index contributed by atoms with van der Waals surface area (Å²) in [4.78, 5) is 3.88. The molecule has 0 fully saturated rings. The van der Waals surface area contributed by atoms with Gasteiger partial charge < -0.3 is 0 Å². The van der Waals surface area contributed by atoms with Crippen molar-refractivity contribution in [3.8, 4) is 0 Å². The number of benzene rings is 2. The molecule has 0 aliphatic carbocycles. The number of alkyl halides is 3. The van der Waals surface area contributed by atoms with Gasteiger partial charge in [0.15, 0.2) is 11.0 Å². The van der Waals surface area contributed by atoms with Crippen molar-refractivity contribution in [2.75, 3.05) is 4.31 Å². The molecule has 0 aliphatic heterocycles. The number of aromatic nitrogens is 2. The van der Waals surface area contributed by atoms with Crippen molar-refractivity contribution < 1.29 is 30.4 Å². The minimum absolute atomic E-state index is 0.116. The van der Waals surface area contributed by atoms with Gasteiger partial charge in [-0.2, -0.15) is 13.2 Å². The molecule has 33 heavy (non-hydrogen) atoms. The van der Waals surface area contributed by atoms with Gasteiger partial charge in [0.05, 0.1) is 17.0 Å². The molecule has 0 spiro atoms. The zero-order chi connectivity index (χ0) is 24.0. The zero-order valence-corrected chi connectivity index (χ0v) is 18.0. The second-order valence-corrected chi connectivity index (χ2v) is 9.15. The molecule has 2 heterocycles. The first-order valence-electron chi connectivity index (χ1n) is 9.25. The van der Waals surface area contributed by atoms with Crippen molar-refractivity contribution in [3.63, 3.8) is 0 Å². The van der Waals surface area contributed by atoms with E-state index in [9.17, 15) is 30.4 Å². The number of halogens is 6. The second kappa shape index (κ2) is 8.31. The van der Waals surface area contributed by atoms with Gasteiger partial charge in [-0.05, 0) is 54.1 Å². The highest BCUT2D eigenvalue weighted by Crippen LogP contribution is 2.35. The van der Waals surface area contributed by atoms with E-state index in [0.29, 0.717) is 16.4 Å². The fourth-order valence-corrected chi connectivity index (χ4v) is 4.92. The topological polar surface area (TPSA) is 54.7 Å². The molecule has 172 valence electrons. The van der Waals surface area contributed by atoms with E-state index in [4.69, 9.17) is 11.6 Å². The number of rotatable bonds is 5. The minimum atomic E-state index is -4.98. The molecule has 0 aliphatic rings. The van der Waals surface area contributed by atoms with E-state index in [1.165, 1.54) is 10.6 Å². The number of fused-ring (bicyclic) bond motifs is 1. The predicted molar refractivity (Wildman–Crippen MR) is 111 cm³/mol. The maximum atomic E-state index is 13.7. The summed E-state index contributed by atoms with van der Waals surface area (Å²) in [6.45, 7) is -0.646. The van der Waals surface area contributed by atoms with Crippen molar-refractivity contribution in [1.82, 2.24) is 9.38 Å². The van der Waals surface area contributed by atoms with Crippen LogP contribution in [-0.4, -0.2) is 17.8 Å². The van der Waals surface area contributed by atoms with E-state index < -0.39 is 39.9 Å². The fourth-order valence-electron chi connectivity index (χ4n) is 3.17. The normalized spacial score (nSPS) is 12.3. The minimum Gasteiger partial charge on any atom is -0.289 e. The summed E-state index contributed by atoms with van der Waals surface area (Å²) in [7, 11) is -4.47. The molecule has 0 saturated carbocycles. The molecule has 5 nitrogen and oxygen atoms in total. The van der Waals surface area contributed by atoms with Gasteiger partial charge in [0.1, 0.15) is 17.3 Å². The second-order valence-electron chi connectivity index (χ2n) is 6.93. The predicted octanol–water partition coefficient (Wildman–Crippen LogP) is 5.68. The van der Waals surface area contributed by atoms with Crippen LogP contribution in [0.3, 0.4) is 0 Å². The average molecular weight is 502 g/mol. The number of anilines is 1. The summed E-state index contributed by atoms with van der Waals surface area (Å²) in [5.41, 5.74) is -1.42. The lowest BCUT2D eigenvalue weighted by Crippen LogP contribution is -2.31. The molecular formula is C21H13ClF5N3O2S. The molecule has 0 unspecified atom stereocenters. The van der Waals surface area contributed by atoms with Crippen LogP contribution in [0.4, 0.5) is 27.8 Å². The van der Waals surface area contributed by atoms with E-state index in [-0.39, 0.29) is 27.1 Å². The number of pyridine rings is 1. The van der Waals surface area contributed by atoms with E-state index in [2.05, 4.69) is 4.98 Å². The molecule has 4 aromatic rings. The molecule has 0 radical (unpaired) electrons. The van der Waals surface area contributed by atoms with Crippen LogP contribution in [0.5, 0.6) is 0 Å². The molecule has 4 rings (SSSR count). The summed E-state index contributed by atoms with van der Waals surface area (Å²) in [6.07, 6.45) is -3.46. The third-order valence-corrected chi connectivity index (χ3v) is 6.86. The van der Waals surface area contributed by atoms with Gasteiger partial charge in [-0.1, -0.05) is 23.7 Å². The Morgan fingerprint density at radius 1 is 1.00 bits per heavy atom. The van der Waals surface area contributed by atoms with Crippen molar-refractivity contribution in [3.05, 3.63) is 94.8 Å². The van der Waals surface area contributed by atoms with Crippen LogP contribution in [0.1, 0.15) is 11.1 Å². The van der Waals surface area contributed by atoms with Crippen molar-refractivity contribution in [2.45, 2.75) is 17.6 Å².